The number of pyridine rings is 2. The van der Waals surface area contributed by atoms with Crippen LogP contribution in [-0.4, -0.2) is 41.3 Å². The summed E-state index contributed by atoms with van der Waals surface area (Å²) in [6.07, 6.45) is 6.17. The predicted octanol–water partition coefficient (Wildman–Crippen LogP) is 2.65. The zero-order valence-electron chi connectivity index (χ0n) is 15.3. The quantitative estimate of drug-likeness (QED) is 0.510. The zero-order chi connectivity index (χ0) is 19.2. The molecule has 9 nitrogen and oxygen atoms in total. The summed E-state index contributed by atoms with van der Waals surface area (Å²) in [5.74, 6) is 0.391. The summed E-state index contributed by atoms with van der Waals surface area (Å²) in [6.45, 7) is 0.706. The number of aromatic nitrogens is 7. The zero-order valence-corrected chi connectivity index (χ0v) is 15.3. The molecule has 6 rings (SSSR count). The largest absolute Gasteiger partial charge is 0.402 e. The lowest BCUT2D eigenvalue weighted by Crippen LogP contribution is -2.36. The van der Waals surface area contributed by atoms with Gasteiger partial charge in [0, 0.05) is 31.1 Å². The predicted molar refractivity (Wildman–Crippen MR) is 104 cm³/mol. The van der Waals surface area contributed by atoms with E-state index < -0.39 is 0 Å². The molecule has 0 spiro atoms. The van der Waals surface area contributed by atoms with Gasteiger partial charge in [0.15, 0.2) is 0 Å². The van der Waals surface area contributed by atoms with Crippen molar-refractivity contribution in [3.8, 4) is 11.6 Å². The summed E-state index contributed by atoms with van der Waals surface area (Å²) < 4.78 is 7.86. The van der Waals surface area contributed by atoms with Crippen LogP contribution in [0.4, 0.5) is 6.01 Å². The molecule has 9 heteroatoms. The Morgan fingerprint density at radius 2 is 2.03 bits per heavy atom. The first kappa shape index (κ1) is 16.0. The van der Waals surface area contributed by atoms with Crippen molar-refractivity contribution in [1.82, 2.24) is 34.8 Å². The van der Waals surface area contributed by atoms with E-state index >= 15 is 0 Å². The fraction of sp³-hybridized carbons (Fsp3) is 0.150. The second-order valence-corrected chi connectivity index (χ2v) is 6.86. The van der Waals surface area contributed by atoms with Crippen LogP contribution in [0.3, 0.4) is 0 Å². The average Bonchev–Trinajstić information content (AvgIpc) is 3.52. The molecule has 0 amide bonds. The Labute approximate surface area is 165 Å². The van der Waals surface area contributed by atoms with Crippen LogP contribution in [0.2, 0.25) is 0 Å². The molecular formula is C20H16N8O. The van der Waals surface area contributed by atoms with Crippen LogP contribution in [0.25, 0.3) is 17.1 Å². The van der Waals surface area contributed by atoms with Gasteiger partial charge in [0.25, 0.3) is 5.89 Å². The molecule has 142 valence electrons. The number of imidazole rings is 1. The normalized spacial score (nSPS) is 16.3. The lowest BCUT2D eigenvalue weighted by molar-refractivity contribution is 0.502. The van der Waals surface area contributed by atoms with E-state index in [1.165, 1.54) is 0 Å². The molecule has 0 bridgehead atoms. The molecule has 0 fully saturated rings. The van der Waals surface area contributed by atoms with Crippen molar-refractivity contribution in [3.63, 3.8) is 0 Å². The maximum Gasteiger partial charge on any atom is 0.319 e. The molecule has 1 unspecified atom stereocenters. The number of nitrogens with one attached hydrogen (secondary N) is 1. The Morgan fingerprint density at radius 3 is 2.93 bits per heavy atom. The highest BCUT2D eigenvalue weighted by molar-refractivity contribution is 5.53. The minimum atomic E-state index is -0.220. The van der Waals surface area contributed by atoms with Crippen molar-refractivity contribution >= 4 is 11.5 Å². The molecule has 0 saturated carbocycles. The van der Waals surface area contributed by atoms with E-state index in [1.54, 1.807) is 12.5 Å². The molecule has 29 heavy (non-hydrogen) atoms. The van der Waals surface area contributed by atoms with Crippen molar-refractivity contribution < 1.29 is 4.42 Å². The lowest BCUT2D eigenvalue weighted by Gasteiger charge is -2.32. The van der Waals surface area contributed by atoms with E-state index in [4.69, 9.17) is 9.52 Å². The number of aromatic amines is 1. The van der Waals surface area contributed by atoms with Gasteiger partial charge in [-0.05, 0) is 30.3 Å². The maximum absolute atomic E-state index is 6.00. The molecule has 5 aromatic heterocycles. The fourth-order valence-electron chi connectivity index (χ4n) is 3.80. The first-order chi connectivity index (χ1) is 14.4. The van der Waals surface area contributed by atoms with Crippen LogP contribution >= 0.6 is 0 Å². The number of hydrogen-bond acceptors (Lipinski definition) is 7. The van der Waals surface area contributed by atoms with E-state index in [9.17, 15) is 0 Å². The summed E-state index contributed by atoms with van der Waals surface area (Å²) in [6, 6.07) is 13.9. The molecule has 1 N–H and O–H groups in total. The van der Waals surface area contributed by atoms with Crippen molar-refractivity contribution in [2.75, 3.05) is 11.4 Å². The van der Waals surface area contributed by atoms with Gasteiger partial charge in [-0.25, -0.2) is 9.50 Å². The molecule has 0 saturated heterocycles. The van der Waals surface area contributed by atoms with Crippen molar-refractivity contribution in [3.05, 3.63) is 78.3 Å². The number of fused-ring (bicyclic) bond motifs is 2. The number of nitrogens with zero attached hydrogens (tertiary/aromatic N) is 7. The Kier molecular flexibility index (Phi) is 3.45. The molecule has 1 atom stereocenters. The molecule has 1 aliphatic heterocycles. The summed E-state index contributed by atoms with van der Waals surface area (Å²) in [4.78, 5) is 14.2. The average molecular weight is 384 g/mol. The summed E-state index contributed by atoms with van der Waals surface area (Å²) in [5, 5.41) is 13.3. The highest BCUT2D eigenvalue weighted by Gasteiger charge is 2.36. The van der Waals surface area contributed by atoms with Gasteiger partial charge in [-0.15, -0.1) is 5.10 Å². The monoisotopic (exact) mass is 384 g/mol. The van der Waals surface area contributed by atoms with Crippen LogP contribution in [0.15, 0.2) is 65.6 Å². The maximum atomic E-state index is 6.00. The molecule has 0 aromatic carbocycles. The van der Waals surface area contributed by atoms with Crippen LogP contribution in [0, 0.1) is 0 Å². The highest BCUT2D eigenvalue weighted by Crippen LogP contribution is 2.36. The first-order valence-electron chi connectivity index (χ1n) is 9.35. The van der Waals surface area contributed by atoms with Gasteiger partial charge in [0.05, 0.1) is 23.2 Å². The second-order valence-electron chi connectivity index (χ2n) is 6.86. The van der Waals surface area contributed by atoms with E-state index in [1.807, 2.05) is 47.1 Å². The summed E-state index contributed by atoms with van der Waals surface area (Å²) in [5.41, 5.74) is 4.57. The van der Waals surface area contributed by atoms with Gasteiger partial charge >= 0.3 is 6.01 Å². The minimum Gasteiger partial charge on any atom is -0.402 e. The molecule has 6 heterocycles. The van der Waals surface area contributed by atoms with Gasteiger partial charge in [-0.2, -0.15) is 5.10 Å². The Morgan fingerprint density at radius 1 is 1.07 bits per heavy atom. The Balaban J connectivity index is 1.45. The lowest BCUT2D eigenvalue weighted by atomic mass is 10.0. The van der Waals surface area contributed by atoms with Crippen LogP contribution in [-0.2, 0) is 6.42 Å². The van der Waals surface area contributed by atoms with E-state index in [0.717, 1.165) is 29.0 Å². The molecule has 5 aromatic rings. The van der Waals surface area contributed by atoms with Gasteiger partial charge in [0.2, 0.25) is 0 Å². The van der Waals surface area contributed by atoms with Gasteiger partial charge < -0.3 is 14.3 Å². The van der Waals surface area contributed by atoms with Gasteiger partial charge in [-0.1, -0.05) is 17.2 Å². The molecular weight excluding hydrogens is 368 g/mol. The SMILES string of the molecule is c1ccc(-c2nnc(N3CCc4[nH]cnc4C3c3cc4ccccn4n3)o2)nc1. The van der Waals surface area contributed by atoms with Crippen LogP contribution < -0.4 is 4.90 Å². The third-order valence-corrected chi connectivity index (χ3v) is 5.14. The molecule has 0 aliphatic carbocycles. The Bertz CT molecular complexity index is 1260. The first-order valence-corrected chi connectivity index (χ1v) is 9.35. The number of H-pyrrole nitrogens is 1. The number of hydrogen-bond donors (Lipinski definition) is 1. The van der Waals surface area contributed by atoms with E-state index in [-0.39, 0.29) is 6.04 Å². The Hall–Kier alpha value is -4.01. The fourth-order valence-corrected chi connectivity index (χ4v) is 3.80. The third kappa shape index (κ3) is 2.59. The standard InChI is InChI=1S/C20H16N8O/c1-3-8-21-15(6-1)19-24-25-20(29-19)27-10-7-14-17(23-12-22-14)18(27)16-11-13-5-2-4-9-28(13)26-16/h1-6,8-9,11-12,18H,7,10H2,(H,22,23). The van der Waals surface area contributed by atoms with E-state index in [2.05, 4.69) is 36.1 Å². The van der Waals surface area contributed by atoms with Crippen molar-refractivity contribution in [2.45, 2.75) is 12.5 Å². The third-order valence-electron chi connectivity index (χ3n) is 5.14. The number of anilines is 1. The van der Waals surface area contributed by atoms with Gasteiger partial charge in [-0.3, -0.25) is 4.98 Å². The van der Waals surface area contributed by atoms with Gasteiger partial charge in [0.1, 0.15) is 11.7 Å². The molecule has 1 aliphatic rings. The summed E-state index contributed by atoms with van der Waals surface area (Å²) in [7, 11) is 0. The molecule has 0 radical (unpaired) electrons. The smallest absolute Gasteiger partial charge is 0.319 e. The van der Waals surface area contributed by atoms with E-state index in [0.29, 0.717) is 24.1 Å². The topological polar surface area (TPSA) is 101 Å². The van der Waals surface area contributed by atoms with Crippen LogP contribution in [0.1, 0.15) is 23.1 Å². The number of rotatable bonds is 3. The second kappa shape index (κ2) is 6.26. The minimum absolute atomic E-state index is 0.220. The van der Waals surface area contributed by atoms with Crippen molar-refractivity contribution in [2.24, 2.45) is 0 Å². The van der Waals surface area contributed by atoms with Crippen molar-refractivity contribution in [1.29, 1.82) is 0 Å². The highest BCUT2D eigenvalue weighted by atomic mass is 16.4. The van der Waals surface area contributed by atoms with Crippen LogP contribution in [0.5, 0.6) is 0 Å². The summed E-state index contributed by atoms with van der Waals surface area (Å²) >= 11 is 0.